The van der Waals surface area contributed by atoms with E-state index in [1.807, 2.05) is 30.3 Å². The van der Waals surface area contributed by atoms with Gasteiger partial charge in [0.2, 0.25) is 0 Å². The van der Waals surface area contributed by atoms with E-state index in [1.54, 1.807) is 0 Å². The maximum atomic E-state index is 12.9. The van der Waals surface area contributed by atoms with Crippen molar-refractivity contribution in [1.82, 2.24) is 4.90 Å². The lowest BCUT2D eigenvalue weighted by Gasteiger charge is -2.37. The topological polar surface area (TPSA) is 29.5 Å². The van der Waals surface area contributed by atoms with Crippen LogP contribution in [0.1, 0.15) is 32.3 Å². The van der Waals surface area contributed by atoms with E-state index in [-0.39, 0.29) is 30.0 Å². The predicted octanol–water partition coefficient (Wildman–Crippen LogP) is 4.81. The van der Waals surface area contributed by atoms with Crippen LogP contribution in [0.4, 0.5) is 13.2 Å². The Kier molecular flexibility index (Phi) is 5.92. The summed E-state index contributed by atoms with van der Waals surface area (Å²) in [6.07, 6.45) is -4.84. The van der Waals surface area contributed by atoms with Crippen LogP contribution in [0.2, 0.25) is 18.1 Å². The third kappa shape index (κ3) is 4.68. The van der Waals surface area contributed by atoms with Gasteiger partial charge in [-0.15, -0.1) is 0 Å². The molecule has 2 atom stereocenters. The van der Waals surface area contributed by atoms with Crippen LogP contribution < -0.4 is 0 Å². The predicted molar refractivity (Wildman–Crippen MR) is 98.5 cm³/mol. The number of halogens is 3. The van der Waals surface area contributed by atoms with Crippen LogP contribution >= 0.6 is 0 Å². The molecule has 0 unspecified atom stereocenters. The molecule has 0 spiro atoms. The number of alkyl halides is 3. The van der Waals surface area contributed by atoms with Gasteiger partial charge in [-0.1, -0.05) is 51.1 Å². The standard InChI is InChI=1S/C19H28F3NO2Si/c1-18(2,3)26(4,5)25-13-15-11-23(17(24)19(20,21)22)12-16(15)14-9-7-6-8-10-14/h6-10,15-16H,11-13H2,1-5H3/t15-,16-/m0/s1. The van der Waals surface area contributed by atoms with Crippen molar-refractivity contribution in [3.05, 3.63) is 35.9 Å². The zero-order valence-electron chi connectivity index (χ0n) is 16.1. The van der Waals surface area contributed by atoms with Crippen molar-refractivity contribution in [1.29, 1.82) is 0 Å². The molecule has 0 radical (unpaired) electrons. The van der Waals surface area contributed by atoms with Gasteiger partial charge < -0.3 is 9.33 Å². The van der Waals surface area contributed by atoms with Gasteiger partial charge in [0.15, 0.2) is 8.32 Å². The Morgan fingerprint density at radius 1 is 1.15 bits per heavy atom. The third-order valence-corrected chi connectivity index (χ3v) is 10.2. The summed E-state index contributed by atoms with van der Waals surface area (Å²) in [5, 5.41) is 0.0231. The minimum Gasteiger partial charge on any atom is -0.416 e. The van der Waals surface area contributed by atoms with Gasteiger partial charge in [0.25, 0.3) is 0 Å². The molecule has 26 heavy (non-hydrogen) atoms. The summed E-state index contributed by atoms with van der Waals surface area (Å²) in [5.41, 5.74) is 0.953. The van der Waals surface area contributed by atoms with Crippen molar-refractivity contribution >= 4 is 14.2 Å². The Balaban J connectivity index is 2.19. The number of amides is 1. The van der Waals surface area contributed by atoms with Gasteiger partial charge in [0.05, 0.1) is 0 Å². The fourth-order valence-electron chi connectivity index (χ4n) is 3.00. The zero-order chi connectivity index (χ0) is 19.8. The number of carbonyl (C=O) groups excluding carboxylic acids is 1. The Morgan fingerprint density at radius 2 is 1.73 bits per heavy atom. The van der Waals surface area contributed by atoms with Crippen molar-refractivity contribution < 1.29 is 22.4 Å². The van der Waals surface area contributed by atoms with E-state index in [0.29, 0.717) is 6.61 Å². The Labute approximate surface area is 154 Å². The first-order chi connectivity index (χ1) is 11.8. The van der Waals surface area contributed by atoms with Gasteiger partial charge in [-0.3, -0.25) is 4.79 Å². The molecule has 1 amide bonds. The van der Waals surface area contributed by atoms with Gasteiger partial charge in [0, 0.05) is 31.5 Å². The van der Waals surface area contributed by atoms with E-state index in [9.17, 15) is 18.0 Å². The van der Waals surface area contributed by atoms with Gasteiger partial charge in [-0.2, -0.15) is 13.2 Å². The molecule has 0 aliphatic carbocycles. The van der Waals surface area contributed by atoms with Gasteiger partial charge in [0.1, 0.15) is 0 Å². The number of carbonyl (C=O) groups is 1. The molecule has 1 aromatic rings. The third-order valence-electron chi connectivity index (χ3n) is 5.66. The fraction of sp³-hybridized carbons (Fsp3) is 0.632. The molecule has 0 bridgehead atoms. The number of likely N-dealkylation sites (tertiary alicyclic amines) is 1. The van der Waals surface area contributed by atoms with Crippen LogP contribution in [0.15, 0.2) is 30.3 Å². The zero-order valence-corrected chi connectivity index (χ0v) is 17.1. The molecule has 1 aliphatic heterocycles. The smallest absolute Gasteiger partial charge is 0.416 e. The van der Waals surface area contributed by atoms with Crippen LogP contribution in [-0.2, 0) is 9.22 Å². The summed E-state index contributed by atoms with van der Waals surface area (Å²) in [6.45, 7) is 11.2. The molecule has 2 rings (SSSR count). The molecule has 1 aliphatic rings. The first-order valence-corrected chi connectivity index (χ1v) is 11.8. The highest BCUT2D eigenvalue weighted by Gasteiger charge is 2.48. The lowest BCUT2D eigenvalue weighted by atomic mass is 9.90. The molecule has 0 saturated carbocycles. The van der Waals surface area contributed by atoms with Crippen LogP contribution in [0.5, 0.6) is 0 Å². The van der Waals surface area contributed by atoms with E-state index < -0.39 is 20.4 Å². The molecule has 1 aromatic carbocycles. The van der Waals surface area contributed by atoms with Crippen molar-refractivity contribution in [2.75, 3.05) is 19.7 Å². The number of rotatable bonds is 4. The minimum atomic E-state index is -4.84. The molecule has 1 saturated heterocycles. The molecule has 7 heteroatoms. The summed E-state index contributed by atoms with van der Waals surface area (Å²) in [6, 6.07) is 9.43. The number of benzene rings is 1. The number of nitrogens with zero attached hydrogens (tertiary/aromatic N) is 1. The van der Waals surface area contributed by atoms with Gasteiger partial charge >= 0.3 is 12.1 Å². The Bertz CT molecular complexity index is 626. The maximum absolute atomic E-state index is 12.9. The molecule has 0 aromatic heterocycles. The molecule has 3 nitrogen and oxygen atoms in total. The van der Waals surface area contributed by atoms with Gasteiger partial charge in [-0.05, 0) is 23.7 Å². The number of hydrogen-bond donors (Lipinski definition) is 0. The second-order valence-electron chi connectivity index (χ2n) is 8.56. The maximum Gasteiger partial charge on any atom is 0.471 e. The number of hydrogen-bond acceptors (Lipinski definition) is 2. The highest BCUT2D eigenvalue weighted by molar-refractivity contribution is 6.74. The Hall–Kier alpha value is -1.34. The fourth-order valence-corrected chi connectivity index (χ4v) is 4.06. The molecule has 146 valence electrons. The largest absolute Gasteiger partial charge is 0.471 e. The van der Waals surface area contributed by atoms with Crippen LogP contribution in [-0.4, -0.2) is 45.0 Å². The summed E-state index contributed by atoms with van der Waals surface area (Å²) in [5.74, 6) is -2.04. The highest BCUT2D eigenvalue weighted by atomic mass is 28.4. The van der Waals surface area contributed by atoms with Crippen molar-refractivity contribution in [2.24, 2.45) is 5.92 Å². The second kappa shape index (κ2) is 7.35. The van der Waals surface area contributed by atoms with E-state index >= 15 is 0 Å². The monoisotopic (exact) mass is 387 g/mol. The Morgan fingerprint density at radius 3 is 2.23 bits per heavy atom. The molecule has 0 N–H and O–H groups in total. The minimum absolute atomic E-state index is 0.0231. The lowest BCUT2D eigenvalue weighted by molar-refractivity contribution is -0.184. The van der Waals surface area contributed by atoms with Gasteiger partial charge in [-0.25, -0.2) is 0 Å². The lowest BCUT2D eigenvalue weighted by Crippen LogP contribution is -2.43. The van der Waals surface area contributed by atoms with E-state index in [1.165, 1.54) is 0 Å². The van der Waals surface area contributed by atoms with E-state index in [2.05, 4.69) is 33.9 Å². The molecular formula is C19H28F3NO2Si. The summed E-state index contributed by atoms with van der Waals surface area (Å²) in [4.78, 5) is 12.6. The average Bonchev–Trinajstić information content (AvgIpc) is 2.95. The quantitative estimate of drug-likeness (QED) is 0.694. The first kappa shape index (κ1) is 21.0. The second-order valence-corrected chi connectivity index (χ2v) is 13.4. The SMILES string of the molecule is CC(C)(C)[Si](C)(C)OC[C@@H]1CN(C(=O)C(F)(F)F)C[C@H]1c1ccccc1. The molecular weight excluding hydrogens is 359 g/mol. The van der Waals surface area contributed by atoms with Crippen LogP contribution in [0, 0.1) is 5.92 Å². The highest BCUT2D eigenvalue weighted by Crippen LogP contribution is 2.39. The molecule has 1 fully saturated rings. The molecule has 1 heterocycles. The van der Waals surface area contributed by atoms with Crippen molar-refractivity contribution in [2.45, 2.75) is 51.0 Å². The van der Waals surface area contributed by atoms with Crippen molar-refractivity contribution in [3.63, 3.8) is 0 Å². The average molecular weight is 388 g/mol. The summed E-state index contributed by atoms with van der Waals surface area (Å²) < 4.78 is 44.9. The summed E-state index contributed by atoms with van der Waals surface area (Å²) >= 11 is 0. The summed E-state index contributed by atoms with van der Waals surface area (Å²) in [7, 11) is -2.01. The van der Waals surface area contributed by atoms with Crippen molar-refractivity contribution in [3.8, 4) is 0 Å². The normalized spacial score (nSPS) is 21.9. The van der Waals surface area contributed by atoms with Crippen LogP contribution in [0.3, 0.4) is 0 Å². The van der Waals surface area contributed by atoms with Crippen LogP contribution in [0.25, 0.3) is 0 Å². The van der Waals surface area contributed by atoms with E-state index in [0.717, 1.165) is 10.5 Å². The first-order valence-electron chi connectivity index (χ1n) is 8.88. The van der Waals surface area contributed by atoms with E-state index in [4.69, 9.17) is 4.43 Å².